The molecule has 4 atom stereocenters. The number of hydrogen-bond donors (Lipinski definition) is 0. The maximum atomic E-state index is 11.8. The second kappa shape index (κ2) is 4.13. The van der Waals surface area contributed by atoms with Crippen LogP contribution in [0, 0.1) is 23.7 Å². The largest absolute Gasteiger partial charge is 0.393 e. The van der Waals surface area contributed by atoms with Gasteiger partial charge in [0.15, 0.2) is 0 Å². The zero-order valence-electron chi connectivity index (χ0n) is 10.7. The number of esters is 2. The van der Waals surface area contributed by atoms with Gasteiger partial charge in [0.1, 0.15) is 0 Å². The molecule has 0 unspecified atom stereocenters. The van der Waals surface area contributed by atoms with Gasteiger partial charge in [-0.3, -0.25) is 9.59 Å². The van der Waals surface area contributed by atoms with Gasteiger partial charge < -0.3 is 4.74 Å². The minimum atomic E-state index is -0.363. The molecule has 1 heterocycles. The predicted molar refractivity (Wildman–Crippen MR) is 63.9 cm³/mol. The summed E-state index contributed by atoms with van der Waals surface area (Å²) in [6.07, 6.45) is 4.14. The Morgan fingerprint density at radius 1 is 1.24 bits per heavy atom. The van der Waals surface area contributed by atoms with Gasteiger partial charge in [0, 0.05) is 5.92 Å². The molecule has 2 rings (SSSR count). The number of allylic oxidation sites excluding steroid dienone is 4. The summed E-state index contributed by atoms with van der Waals surface area (Å²) in [5, 5.41) is 0. The molecule has 0 bridgehead atoms. The Kier molecular flexibility index (Phi) is 2.94. The van der Waals surface area contributed by atoms with E-state index >= 15 is 0 Å². The third-order valence-corrected chi connectivity index (χ3v) is 3.79. The lowest BCUT2D eigenvalue weighted by molar-refractivity contribution is -0.154. The molecule has 2 aliphatic rings. The molecule has 0 aromatic heterocycles. The maximum Gasteiger partial charge on any atom is 0.318 e. The van der Waals surface area contributed by atoms with Crippen molar-refractivity contribution in [1.82, 2.24) is 0 Å². The van der Waals surface area contributed by atoms with E-state index < -0.39 is 0 Å². The van der Waals surface area contributed by atoms with Gasteiger partial charge in [-0.1, -0.05) is 30.2 Å². The Bertz CT molecular complexity index is 427. The summed E-state index contributed by atoms with van der Waals surface area (Å²) in [7, 11) is 0. The SMILES string of the molecule is CC(C)=C[C@@H]1C=C(C)[C@H](C)[C@@H]2C(=O)OC(=O)[C@@H]12. The summed E-state index contributed by atoms with van der Waals surface area (Å²) < 4.78 is 4.80. The van der Waals surface area contributed by atoms with E-state index in [-0.39, 0.29) is 35.6 Å². The molecule has 92 valence electrons. The van der Waals surface area contributed by atoms with Crippen LogP contribution >= 0.6 is 0 Å². The van der Waals surface area contributed by atoms with Crippen molar-refractivity contribution in [3.05, 3.63) is 23.3 Å². The monoisotopic (exact) mass is 234 g/mol. The third-order valence-electron chi connectivity index (χ3n) is 3.79. The molecular weight excluding hydrogens is 216 g/mol. The average molecular weight is 234 g/mol. The summed E-state index contributed by atoms with van der Waals surface area (Å²) in [6, 6.07) is 0. The van der Waals surface area contributed by atoms with Crippen molar-refractivity contribution in [3.63, 3.8) is 0 Å². The molecule has 0 spiro atoms. The van der Waals surface area contributed by atoms with Gasteiger partial charge in [-0.25, -0.2) is 0 Å². The van der Waals surface area contributed by atoms with Gasteiger partial charge in [0.05, 0.1) is 11.8 Å². The van der Waals surface area contributed by atoms with Crippen LogP contribution in [0.2, 0.25) is 0 Å². The number of ether oxygens (including phenoxy) is 1. The van der Waals surface area contributed by atoms with Crippen molar-refractivity contribution < 1.29 is 14.3 Å². The number of carbonyl (C=O) groups excluding carboxylic acids is 2. The van der Waals surface area contributed by atoms with E-state index in [2.05, 4.69) is 6.08 Å². The molecule has 3 nitrogen and oxygen atoms in total. The molecular formula is C14H18O3. The second-order valence-electron chi connectivity index (χ2n) is 5.31. The third kappa shape index (κ3) is 1.94. The summed E-state index contributed by atoms with van der Waals surface area (Å²) in [4.78, 5) is 23.5. The normalized spacial score (nSPS) is 36.1. The Hall–Kier alpha value is -1.38. The maximum absolute atomic E-state index is 11.8. The van der Waals surface area contributed by atoms with Crippen LogP contribution in [0.15, 0.2) is 23.3 Å². The van der Waals surface area contributed by atoms with E-state index in [1.807, 2.05) is 33.8 Å². The fourth-order valence-electron chi connectivity index (χ4n) is 2.82. The molecule has 3 heteroatoms. The first-order chi connectivity index (χ1) is 7.91. The Morgan fingerprint density at radius 3 is 2.41 bits per heavy atom. The van der Waals surface area contributed by atoms with E-state index in [1.165, 1.54) is 5.57 Å². The lowest BCUT2D eigenvalue weighted by Crippen LogP contribution is -2.33. The highest BCUT2D eigenvalue weighted by atomic mass is 16.6. The van der Waals surface area contributed by atoms with Crippen LogP contribution in [0.1, 0.15) is 27.7 Å². The van der Waals surface area contributed by atoms with Crippen molar-refractivity contribution in [3.8, 4) is 0 Å². The Balaban J connectivity index is 2.44. The highest BCUT2D eigenvalue weighted by Gasteiger charge is 2.51. The molecule has 0 aromatic rings. The zero-order valence-corrected chi connectivity index (χ0v) is 10.7. The molecule has 1 saturated heterocycles. The van der Waals surface area contributed by atoms with Gasteiger partial charge in [-0.2, -0.15) is 0 Å². The highest BCUT2D eigenvalue weighted by Crippen LogP contribution is 2.43. The number of cyclic esters (lactones) is 2. The minimum absolute atomic E-state index is 0.000139. The number of hydrogen-bond acceptors (Lipinski definition) is 3. The van der Waals surface area contributed by atoms with Crippen LogP contribution < -0.4 is 0 Å². The molecule has 0 radical (unpaired) electrons. The van der Waals surface area contributed by atoms with Crippen LogP contribution in [-0.2, 0) is 14.3 Å². The summed E-state index contributed by atoms with van der Waals surface area (Å²) in [5.74, 6) is -1.24. The van der Waals surface area contributed by atoms with E-state index in [0.717, 1.165) is 5.57 Å². The van der Waals surface area contributed by atoms with E-state index in [1.54, 1.807) is 0 Å². The quantitative estimate of drug-likeness (QED) is 0.397. The zero-order chi connectivity index (χ0) is 12.7. The van der Waals surface area contributed by atoms with Gasteiger partial charge >= 0.3 is 11.9 Å². The van der Waals surface area contributed by atoms with E-state index in [0.29, 0.717) is 0 Å². The molecule has 17 heavy (non-hydrogen) atoms. The number of fused-ring (bicyclic) bond motifs is 1. The van der Waals surface area contributed by atoms with Crippen LogP contribution in [0.5, 0.6) is 0 Å². The van der Waals surface area contributed by atoms with Gasteiger partial charge in [-0.05, 0) is 26.7 Å². The van der Waals surface area contributed by atoms with Crippen molar-refractivity contribution in [2.24, 2.45) is 23.7 Å². The topological polar surface area (TPSA) is 43.4 Å². The van der Waals surface area contributed by atoms with Crippen LogP contribution in [-0.4, -0.2) is 11.9 Å². The predicted octanol–water partition coefficient (Wildman–Crippen LogP) is 2.48. The molecule has 0 amide bonds. The lowest BCUT2D eigenvalue weighted by atomic mass is 9.69. The summed E-state index contributed by atoms with van der Waals surface area (Å²) in [5.41, 5.74) is 2.32. The molecule has 0 aromatic carbocycles. The first-order valence-corrected chi connectivity index (χ1v) is 6.00. The number of rotatable bonds is 1. The van der Waals surface area contributed by atoms with Crippen molar-refractivity contribution in [2.75, 3.05) is 0 Å². The summed E-state index contributed by atoms with van der Waals surface area (Å²) >= 11 is 0. The van der Waals surface area contributed by atoms with Crippen molar-refractivity contribution in [2.45, 2.75) is 27.7 Å². The average Bonchev–Trinajstić information content (AvgIpc) is 2.49. The van der Waals surface area contributed by atoms with E-state index in [4.69, 9.17) is 4.74 Å². The van der Waals surface area contributed by atoms with Crippen molar-refractivity contribution in [1.29, 1.82) is 0 Å². The lowest BCUT2D eigenvalue weighted by Gasteiger charge is -2.30. The second-order valence-corrected chi connectivity index (χ2v) is 5.31. The minimum Gasteiger partial charge on any atom is -0.393 e. The van der Waals surface area contributed by atoms with Crippen molar-refractivity contribution >= 4 is 11.9 Å². The number of carbonyl (C=O) groups is 2. The molecule has 0 N–H and O–H groups in total. The molecule has 1 aliphatic carbocycles. The van der Waals surface area contributed by atoms with E-state index in [9.17, 15) is 9.59 Å². The molecule has 1 fully saturated rings. The molecule has 1 aliphatic heterocycles. The van der Waals surface area contributed by atoms with Crippen LogP contribution in [0.25, 0.3) is 0 Å². The molecule has 0 saturated carbocycles. The van der Waals surface area contributed by atoms with Crippen LogP contribution in [0.3, 0.4) is 0 Å². The van der Waals surface area contributed by atoms with Gasteiger partial charge in [0.25, 0.3) is 0 Å². The fraction of sp³-hybridized carbons (Fsp3) is 0.571. The summed E-state index contributed by atoms with van der Waals surface area (Å²) in [6.45, 7) is 8.00. The Morgan fingerprint density at radius 2 is 1.82 bits per heavy atom. The van der Waals surface area contributed by atoms with Gasteiger partial charge in [0.2, 0.25) is 0 Å². The van der Waals surface area contributed by atoms with Crippen LogP contribution in [0.4, 0.5) is 0 Å². The standard InChI is InChI=1S/C14H18O3/c1-7(2)5-10-6-8(3)9(4)11-12(10)14(16)17-13(11)15/h5-6,9-12H,1-4H3/t9-,10+,11-,12-/m0/s1. The highest BCUT2D eigenvalue weighted by molar-refractivity contribution is 5.97. The smallest absolute Gasteiger partial charge is 0.318 e. The fourth-order valence-corrected chi connectivity index (χ4v) is 2.82. The first kappa shape index (κ1) is 12.1. The first-order valence-electron chi connectivity index (χ1n) is 6.00. The van der Waals surface area contributed by atoms with Gasteiger partial charge in [-0.15, -0.1) is 0 Å². The Labute approximate surface area is 102 Å².